The van der Waals surface area contributed by atoms with Crippen LogP contribution in [-0.2, 0) is 114 Å². The summed E-state index contributed by atoms with van der Waals surface area (Å²) < 4.78 is 116. The summed E-state index contributed by atoms with van der Waals surface area (Å²) in [5.74, 6) is -4.80. The van der Waals surface area contributed by atoms with Crippen molar-refractivity contribution < 1.29 is 247 Å². The number of amides is 5. The lowest BCUT2D eigenvalue weighted by Crippen LogP contribution is -2.71. The molecule has 0 aromatic carbocycles. The average molecular weight is 1830 g/mol. The monoisotopic (exact) mass is 1830 g/mol. The van der Waals surface area contributed by atoms with Gasteiger partial charge in [0.1, 0.15) is 238 Å². The lowest BCUT2D eigenvalue weighted by molar-refractivity contribution is -0.408. The largest absolute Gasteiger partial charge is 0.394 e. The minimum Gasteiger partial charge on any atom is -0.394 e. The molecule has 10 rings (SSSR count). The number of nitrogens with one attached hydrogen (secondary N) is 5. The Balaban J connectivity index is 1.08. The van der Waals surface area contributed by atoms with Gasteiger partial charge in [-0.15, -0.1) is 0 Å². The van der Waals surface area contributed by atoms with Crippen LogP contribution < -0.4 is 26.6 Å². The lowest BCUT2D eigenvalue weighted by atomic mass is 9.93. The Morgan fingerprint density at radius 3 is 0.904 bits per heavy atom. The van der Waals surface area contributed by atoms with Crippen LogP contribution in [0.5, 0.6) is 0 Å². The summed E-state index contributed by atoms with van der Waals surface area (Å²) in [5, 5.41) is 305. The average Bonchev–Trinajstić information content (AvgIpc) is 0.763. The van der Waals surface area contributed by atoms with Gasteiger partial charge in [0.15, 0.2) is 62.9 Å². The highest BCUT2D eigenvalue weighted by Gasteiger charge is 2.62. The van der Waals surface area contributed by atoms with E-state index in [4.69, 9.17) is 90.0 Å². The SMILES string of the molecule is CC(=O)N[C@@H]1[C@@H](O)[C@H](O[C@@H]2O[C@H](CO)[C@@H](O[C@@H]3O[C@H](CO[C@H]4O[C@H](CO)[C@@H](O)[C@H](O)[C@@H]4O[C@@H]4O[C@H](CO)[C@@H](O)[C@H](O)[C@H]4NC(C)=O)[C@@H](O[C@@H]4O[C@H](CO)[C@@H](O)[C@H](O)[C@H]4NC(C)=O)[C@H](O[C@H]4O[C@H](CO)[C@@H](O)[C@H](O)[C@@H]4O[C@@H]4O[C@H](CO)[C@@H](O[C@@H]5O[C@H](CO)[C@H](O)[C@H](O)[C@H]5O)[C@H](O)[C@H]4NC(C)=O)[C@@H]3O)[C@H](O)[C@H]2NC(C)=O)[C@@H](CO[C@H]2O[C@H](C)[C@H](O)[C@H](O)[C@H]2O)O[C@H]1O. The van der Waals surface area contributed by atoms with Crippen LogP contribution in [0.4, 0.5) is 0 Å². The van der Waals surface area contributed by atoms with Gasteiger partial charge in [-0.2, -0.15) is 0 Å². The molecule has 10 saturated heterocycles. The Morgan fingerprint density at radius 1 is 0.224 bits per heavy atom. The fourth-order valence-corrected chi connectivity index (χ4v) is 16.2. The van der Waals surface area contributed by atoms with Crippen LogP contribution in [0.1, 0.15) is 41.5 Å². The van der Waals surface area contributed by atoms with Crippen molar-refractivity contribution in [2.75, 3.05) is 59.5 Å². The van der Waals surface area contributed by atoms with E-state index in [1.165, 1.54) is 6.92 Å². The summed E-state index contributed by atoms with van der Waals surface area (Å²) in [7, 11) is 0. The number of aliphatic hydroxyl groups is 26. The zero-order valence-corrected chi connectivity index (χ0v) is 67.7. The summed E-state index contributed by atoms with van der Waals surface area (Å²) in [4.78, 5) is 65.0. The van der Waals surface area contributed by atoms with E-state index in [0.29, 0.717) is 0 Å². The Labute approximate surface area is 708 Å². The van der Waals surface area contributed by atoms with Crippen molar-refractivity contribution in [1.29, 1.82) is 0 Å². The van der Waals surface area contributed by atoms with Crippen molar-refractivity contribution in [2.24, 2.45) is 0 Å². The third kappa shape index (κ3) is 23.1. The highest BCUT2D eigenvalue weighted by molar-refractivity contribution is 5.75. The van der Waals surface area contributed by atoms with Crippen LogP contribution in [0.3, 0.4) is 0 Å². The van der Waals surface area contributed by atoms with Gasteiger partial charge in [-0.05, 0) is 6.92 Å². The Kier molecular flexibility index (Phi) is 36.8. The smallest absolute Gasteiger partial charge is 0.217 e. The molecule has 10 fully saturated rings. The molecule has 55 nitrogen and oxygen atoms in total. The number of carbonyl (C=O) groups excluding carboxylic acids is 5. The third-order valence-electron chi connectivity index (χ3n) is 22.8. The Morgan fingerprint density at radius 2 is 0.488 bits per heavy atom. The van der Waals surface area contributed by atoms with E-state index in [-0.39, 0.29) is 0 Å². The summed E-state index contributed by atoms with van der Waals surface area (Å²) in [5.41, 5.74) is 0. The van der Waals surface area contributed by atoms with Gasteiger partial charge in [0.2, 0.25) is 29.5 Å². The standard InChI is InChI=1S/C70H117N5O50/c1-16-36(88)47(99)51(103)66(109-16)107-14-29-56(44(96)31(61(106)110-29)71-17(2)83)119-64-34(74-20(5)86)45(97)55(28(13-82)116-64)121-68-53(105)58(123-70-60(50(102)41(93)26(11-80)115-70)125-65-35(75-21(6)87)46(98)54(27(12-81)117-65)120-67-52(104)48(100)39(91)24(9-78)113-67)57(122-62-32(72-18(3)84)42(94)37(89)22(7-76)111-62)30(118-68)15-108-69-59(49(101)40(92)25(10-79)114-69)124-63-33(73-19(4)85)43(95)38(90)23(8-77)112-63/h16,22-70,76-82,88-106H,7-15H2,1-6H3,(H,71,83)(H,72,84)(H,73,85)(H,74,86)(H,75,87)/t16-,22-,23-,24-,25-,26-,27-,28-,29-,30-,31-,32-,33-,34-,35-,36+,37-,38-,39+,40-,41-,42-,43-,44-,45-,46-,47+,48+,49+,50+,51-,52-,53+,54-,55-,56-,57-,58-,59+,60+,61-,62+,63+,64+,65+,66+,67+,68+,69+,70-/m1/s1. The van der Waals surface area contributed by atoms with Crippen molar-refractivity contribution in [3.63, 3.8) is 0 Å². The van der Waals surface area contributed by atoms with Gasteiger partial charge in [0.25, 0.3) is 0 Å². The van der Waals surface area contributed by atoms with Gasteiger partial charge >= 0.3 is 0 Å². The topological polar surface area (TPSA) is 847 Å². The van der Waals surface area contributed by atoms with E-state index in [1.807, 2.05) is 0 Å². The van der Waals surface area contributed by atoms with Crippen LogP contribution in [0.2, 0.25) is 0 Å². The van der Waals surface area contributed by atoms with Crippen molar-refractivity contribution >= 4 is 29.5 Å². The molecular weight excluding hydrogens is 1710 g/mol. The fourth-order valence-electron chi connectivity index (χ4n) is 16.2. The first-order valence-electron chi connectivity index (χ1n) is 40.0. The minimum atomic E-state index is -2.78. The molecule has 10 aliphatic heterocycles. The third-order valence-corrected chi connectivity index (χ3v) is 22.8. The van der Waals surface area contributed by atoms with E-state index in [0.717, 1.165) is 34.6 Å². The van der Waals surface area contributed by atoms with Gasteiger partial charge in [-0.25, -0.2) is 0 Å². The second-order valence-electron chi connectivity index (χ2n) is 31.7. The minimum absolute atomic E-state index is 0.864. The van der Waals surface area contributed by atoms with Crippen molar-refractivity contribution in [3.05, 3.63) is 0 Å². The maximum atomic E-state index is 13.4. The van der Waals surface area contributed by atoms with E-state index >= 15 is 0 Å². The van der Waals surface area contributed by atoms with Gasteiger partial charge in [-0.1, -0.05) is 0 Å². The molecule has 10 heterocycles. The molecule has 0 aromatic heterocycles. The number of aliphatic hydroxyl groups excluding tert-OH is 26. The Bertz CT molecular complexity index is 3420. The fraction of sp³-hybridized carbons (Fsp3) is 0.929. The predicted octanol–water partition coefficient (Wildman–Crippen LogP) is -21.1. The van der Waals surface area contributed by atoms with Gasteiger partial charge in [-0.3, -0.25) is 24.0 Å². The second kappa shape index (κ2) is 44.9. The zero-order valence-electron chi connectivity index (χ0n) is 67.7. The molecule has 0 aliphatic carbocycles. The molecule has 31 N–H and O–H groups in total. The van der Waals surface area contributed by atoms with E-state index in [9.17, 15) is 157 Å². The summed E-state index contributed by atoms with van der Waals surface area (Å²) in [6.07, 6.45) is -96.0. The zero-order chi connectivity index (χ0) is 92.1. The molecule has 0 saturated carbocycles. The molecule has 0 radical (unpaired) electrons. The van der Waals surface area contributed by atoms with Crippen molar-refractivity contribution in [2.45, 2.75) is 348 Å². The molecule has 0 bridgehead atoms. The van der Waals surface area contributed by atoms with Gasteiger partial charge < -0.3 is 249 Å². The molecule has 0 spiro atoms. The number of carbonyl (C=O) groups is 5. The van der Waals surface area contributed by atoms with Crippen LogP contribution in [0.15, 0.2) is 0 Å². The molecule has 50 atom stereocenters. The normalized spacial score (nSPS) is 48.7. The highest BCUT2D eigenvalue weighted by atomic mass is 16.8. The van der Waals surface area contributed by atoms with Gasteiger partial charge in [0.05, 0.1) is 65.6 Å². The first-order chi connectivity index (χ1) is 59.1. The maximum absolute atomic E-state index is 13.4. The lowest BCUT2D eigenvalue weighted by Gasteiger charge is -2.52. The first kappa shape index (κ1) is 103. The predicted molar refractivity (Wildman–Crippen MR) is 386 cm³/mol. The highest BCUT2D eigenvalue weighted by Crippen LogP contribution is 2.42. The van der Waals surface area contributed by atoms with E-state index < -0.39 is 396 Å². The molecule has 10 aliphatic rings. The molecule has 0 aromatic rings. The van der Waals surface area contributed by atoms with Crippen molar-refractivity contribution in [3.8, 4) is 0 Å². The second-order valence-corrected chi connectivity index (χ2v) is 31.7. The van der Waals surface area contributed by atoms with Crippen LogP contribution in [-0.4, -0.2) is 529 Å². The summed E-state index contributed by atoms with van der Waals surface area (Å²) >= 11 is 0. The number of ether oxygens (including phenoxy) is 19. The van der Waals surface area contributed by atoms with Crippen molar-refractivity contribution in [1.82, 2.24) is 26.6 Å². The molecule has 5 amide bonds. The van der Waals surface area contributed by atoms with Gasteiger partial charge in [0, 0.05) is 34.6 Å². The number of rotatable bonds is 32. The van der Waals surface area contributed by atoms with E-state index in [2.05, 4.69) is 26.6 Å². The Hall–Kier alpha value is -4.45. The molecule has 0 unspecified atom stereocenters. The van der Waals surface area contributed by atoms with E-state index in [1.54, 1.807) is 0 Å². The molecular formula is C70H117N5O50. The number of hydrogen-bond donors (Lipinski definition) is 31. The molecule has 722 valence electrons. The summed E-state index contributed by atoms with van der Waals surface area (Å²) in [6.45, 7) is -4.42. The van der Waals surface area contributed by atoms with Crippen LogP contribution >= 0.6 is 0 Å². The number of hydrogen-bond acceptors (Lipinski definition) is 50. The van der Waals surface area contributed by atoms with Crippen LogP contribution in [0, 0.1) is 0 Å². The first-order valence-corrected chi connectivity index (χ1v) is 40.0. The molecule has 55 heteroatoms. The maximum Gasteiger partial charge on any atom is 0.217 e. The molecule has 125 heavy (non-hydrogen) atoms. The summed E-state index contributed by atoms with van der Waals surface area (Å²) in [6, 6.07) is -9.78. The van der Waals surface area contributed by atoms with Crippen LogP contribution in [0.25, 0.3) is 0 Å². The quantitative estimate of drug-likeness (QED) is 0.0297.